The van der Waals surface area contributed by atoms with Gasteiger partial charge in [0.15, 0.2) is 6.54 Å². The number of nitrogens with zero attached hydrogens (tertiary/aromatic N) is 2. The van der Waals surface area contributed by atoms with Crippen LogP contribution in [0.15, 0.2) is 49.1 Å². The number of para-hydroxylation sites is 1. The molecule has 0 bridgehead atoms. The largest absolute Gasteiger partial charge is 1.00 e. The standard InChI is InChI=1S/C26H33N3O.BrH/c1-17(2)22-9-8-10-23(18(3)4)26(22)29-12-11-28(16-29)15-24(30)27-25-20(6)13-19(5)14-21(25)7;/h8-14,16-18H,15H2,1-7H3;1H. The summed E-state index contributed by atoms with van der Waals surface area (Å²) >= 11 is 0. The fourth-order valence-electron chi connectivity index (χ4n) is 4.15. The van der Waals surface area contributed by atoms with E-state index in [0.29, 0.717) is 11.8 Å². The van der Waals surface area contributed by atoms with Gasteiger partial charge in [-0.2, -0.15) is 0 Å². The van der Waals surface area contributed by atoms with Crippen molar-refractivity contribution in [1.29, 1.82) is 0 Å². The highest BCUT2D eigenvalue weighted by atomic mass is 79.9. The first-order valence-corrected chi connectivity index (χ1v) is 10.7. The SMILES string of the molecule is Cc1cc(C)c(NC(=O)C[n+]2ccn(-c3c(C(C)C)cccc3C(C)C)c2)c(C)c1.[Br-]. The fourth-order valence-corrected chi connectivity index (χ4v) is 4.15. The van der Waals surface area contributed by atoms with Crippen LogP contribution in [0.1, 0.15) is 67.3 Å². The van der Waals surface area contributed by atoms with Gasteiger partial charge in [-0.3, -0.25) is 4.79 Å². The van der Waals surface area contributed by atoms with Crippen molar-refractivity contribution >= 4 is 11.6 Å². The Bertz CT molecular complexity index is 1020. The molecule has 31 heavy (non-hydrogen) atoms. The van der Waals surface area contributed by atoms with Crippen LogP contribution in [0.25, 0.3) is 5.69 Å². The number of hydrogen-bond donors (Lipinski definition) is 1. The van der Waals surface area contributed by atoms with E-state index in [0.717, 1.165) is 16.8 Å². The van der Waals surface area contributed by atoms with Crippen LogP contribution in [0, 0.1) is 20.8 Å². The molecule has 0 saturated carbocycles. The molecule has 0 atom stereocenters. The molecular weight excluding hydrogens is 450 g/mol. The van der Waals surface area contributed by atoms with Gasteiger partial charge in [0, 0.05) is 16.8 Å². The van der Waals surface area contributed by atoms with Crippen LogP contribution in [-0.2, 0) is 11.3 Å². The Morgan fingerprint density at radius 3 is 2.06 bits per heavy atom. The van der Waals surface area contributed by atoms with Crippen molar-refractivity contribution < 1.29 is 26.3 Å². The van der Waals surface area contributed by atoms with E-state index < -0.39 is 0 Å². The summed E-state index contributed by atoms with van der Waals surface area (Å²) in [5, 5.41) is 3.09. The van der Waals surface area contributed by atoms with Gasteiger partial charge in [0.25, 0.3) is 5.91 Å². The summed E-state index contributed by atoms with van der Waals surface area (Å²) < 4.78 is 4.09. The molecular formula is C26H34BrN3O. The third kappa shape index (κ3) is 5.65. The highest BCUT2D eigenvalue weighted by Gasteiger charge is 2.20. The number of aryl methyl sites for hydroxylation is 3. The van der Waals surface area contributed by atoms with E-state index in [4.69, 9.17) is 0 Å². The number of halogens is 1. The van der Waals surface area contributed by atoms with E-state index in [9.17, 15) is 4.79 Å². The Hall–Kier alpha value is -2.40. The summed E-state index contributed by atoms with van der Waals surface area (Å²) in [5.41, 5.74) is 8.18. The Kier molecular flexibility index (Phi) is 8.24. The van der Waals surface area contributed by atoms with Gasteiger partial charge in [0.1, 0.15) is 18.1 Å². The average molecular weight is 484 g/mol. The second-order valence-electron chi connectivity index (χ2n) is 8.91. The van der Waals surface area contributed by atoms with Crippen molar-refractivity contribution in [3.8, 4) is 5.69 Å². The Balaban J connectivity index is 0.00000341. The molecule has 166 valence electrons. The molecule has 1 aromatic heterocycles. The summed E-state index contributed by atoms with van der Waals surface area (Å²) in [6.45, 7) is 15.3. The first-order chi connectivity index (χ1) is 14.2. The van der Waals surface area contributed by atoms with Gasteiger partial charge in [-0.05, 0) is 43.7 Å². The molecule has 0 radical (unpaired) electrons. The molecule has 4 nitrogen and oxygen atoms in total. The number of hydrogen-bond acceptors (Lipinski definition) is 1. The van der Waals surface area contributed by atoms with Gasteiger partial charge >= 0.3 is 0 Å². The Morgan fingerprint density at radius 2 is 1.55 bits per heavy atom. The van der Waals surface area contributed by atoms with Crippen molar-refractivity contribution in [1.82, 2.24) is 4.57 Å². The molecule has 3 rings (SSSR count). The maximum Gasteiger partial charge on any atom is 0.266 e. The Morgan fingerprint density at radius 1 is 1.00 bits per heavy atom. The van der Waals surface area contributed by atoms with Crippen molar-refractivity contribution in [2.24, 2.45) is 0 Å². The summed E-state index contributed by atoms with van der Waals surface area (Å²) in [6, 6.07) is 10.7. The monoisotopic (exact) mass is 483 g/mol. The van der Waals surface area contributed by atoms with Gasteiger partial charge in [-0.25, -0.2) is 9.13 Å². The molecule has 0 aliphatic carbocycles. The molecule has 1 amide bonds. The minimum Gasteiger partial charge on any atom is -1.00 e. The van der Waals surface area contributed by atoms with Gasteiger partial charge in [0.2, 0.25) is 6.33 Å². The van der Waals surface area contributed by atoms with E-state index in [1.807, 2.05) is 37.1 Å². The van der Waals surface area contributed by atoms with Gasteiger partial charge in [0.05, 0.1) is 0 Å². The quantitative estimate of drug-likeness (QED) is 0.537. The van der Waals surface area contributed by atoms with Crippen LogP contribution in [0.5, 0.6) is 0 Å². The highest BCUT2D eigenvalue weighted by molar-refractivity contribution is 5.91. The predicted octanol–water partition coefficient (Wildman–Crippen LogP) is 2.58. The number of rotatable bonds is 6. The molecule has 0 spiro atoms. The molecule has 0 saturated heterocycles. The lowest BCUT2D eigenvalue weighted by Crippen LogP contribution is -3.00. The van der Waals surface area contributed by atoms with E-state index >= 15 is 0 Å². The minimum absolute atomic E-state index is 0. The summed E-state index contributed by atoms with van der Waals surface area (Å²) in [6.07, 6.45) is 6.03. The van der Waals surface area contributed by atoms with Crippen molar-refractivity contribution in [3.05, 3.63) is 76.9 Å². The van der Waals surface area contributed by atoms with Crippen LogP contribution in [0.2, 0.25) is 0 Å². The second kappa shape index (κ2) is 10.3. The fraction of sp³-hybridized carbons (Fsp3) is 0.385. The zero-order chi connectivity index (χ0) is 22.0. The number of carbonyl (C=O) groups is 1. The van der Waals surface area contributed by atoms with E-state index in [1.165, 1.54) is 22.4 Å². The maximum absolute atomic E-state index is 12.7. The molecule has 1 heterocycles. The number of nitrogens with one attached hydrogen (secondary N) is 1. The van der Waals surface area contributed by atoms with Crippen LogP contribution in [0.3, 0.4) is 0 Å². The summed E-state index contributed by atoms with van der Waals surface area (Å²) in [7, 11) is 0. The molecule has 0 aliphatic heterocycles. The molecule has 0 unspecified atom stereocenters. The topological polar surface area (TPSA) is 37.9 Å². The average Bonchev–Trinajstić information content (AvgIpc) is 3.11. The lowest BCUT2D eigenvalue weighted by Gasteiger charge is -2.16. The van der Waals surface area contributed by atoms with Crippen LogP contribution in [0.4, 0.5) is 5.69 Å². The third-order valence-electron chi connectivity index (χ3n) is 5.56. The number of benzene rings is 2. The van der Waals surface area contributed by atoms with Crippen LogP contribution < -0.4 is 26.9 Å². The van der Waals surface area contributed by atoms with E-state index in [2.05, 4.69) is 74.8 Å². The lowest BCUT2D eigenvalue weighted by atomic mass is 9.92. The first kappa shape index (κ1) is 24.9. The third-order valence-corrected chi connectivity index (χ3v) is 5.56. The highest BCUT2D eigenvalue weighted by Crippen LogP contribution is 2.30. The number of carbonyl (C=O) groups excluding carboxylic acids is 1. The number of imidazole rings is 1. The smallest absolute Gasteiger partial charge is 0.266 e. The van der Waals surface area contributed by atoms with Gasteiger partial charge in [-0.1, -0.05) is 63.6 Å². The molecule has 3 aromatic rings. The number of aromatic nitrogens is 2. The number of anilines is 1. The molecule has 5 heteroatoms. The Labute approximate surface area is 197 Å². The van der Waals surface area contributed by atoms with Crippen molar-refractivity contribution in [2.75, 3.05) is 5.32 Å². The van der Waals surface area contributed by atoms with Gasteiger partial charge < -0.3 is 22.3 Å². The van der Waals surface area contributed by atoms with E-state index in [1.54, 1.807) is 0 Å². The molecule has 2 aromatic carbocycles. The molecule has 1 N–H and O–H groups in total. The van der Waals surface area contributed by atoms with Crippen molar-refractivity contribution in [3.63, 3.8) is 0 Å². The van der Waals surface area contributed by atoms with Gasteiger partial charge in [-0.15, -0.1) is 0 Å². The minimum atomic E-state index is -0.0194. The lowest BCUT2D eigenvalue weighted by molar-refractivity contribution is -0.683. The zero-order valence-corrected chi connectivity index (χ0v) is 21.2. The van der Waals surface area contributed by atoms with E-state index in [-0.39, 0.29) is 29.4 Å². The predicted molar refractivity (Wildman–Crippen MR) is 123 cm³/mol. The zero-order valence-electron chi connectivity index (χ0n) is 19.7. The first-order valence-electron chi connectivity index (χ1n) is 10.7. The van der Waals surface area contributed by atoms with Crippen LogP contribution in [-0.4, -0.2) is 10.5 Å². The summed E-state index contributed by atoms with van der Waals surface area (Å²) in [4.78, 5) is 12.7. The number of amides is 1. The summed E-state index contributed by atoms with van der Waals surface area (Å²) in [5.74, 6) is 0.824. The normalized spacial score (nSPS) is 11.0. The van der Waals surface area contributed by atoms with Crippen LogP contribution >= 0.6 is 0 Å². The maximum atomic E-state index is 12.7. The van der Waals surface area contributed by atoms with Crippen molar-refractivity contribution in [2.45, 2.75) is 66.8 Å². The molecule has 0 fully saturated rings. The molecule has 0 aliphatic rings. The second-order valence-corrected chi connectivity index (χ2v) is 8.91.